The Kier molecular flexibility index (Phi) is 4.50. The Hall–Kier alpha value is -2.90. The first-order valence-electron chi connectivity index (χ1n) is 6.21. The van der Waals surface area contributed by atoms with Crippen LogP contribution in [0.2, 0.25) is 0 Å². The first kappa shape index (κ1) is 14.5. The largest absolute Gasteiger partial charge is 0.484 e. The van der Waals surface area contributed by atoms with Gasteiger partial charge in [0.1, 0.15) is 5.75 Å². The number of aromatic amines is 1. The minimum Gasteiger partial charge on any atom is -0.484 e. The van der Waals surface area contributed by atoms with E-state index in [1.807, 2.05) is 6.92 Å². The number of nitro benzene ring substituents is 1. The number of hydrogen-bond acceptors (Lipinski definition) is 5. The highest BCUT2D eigenvalue weighted by Gasteiger charge is 2.11. The van der Waals surface area contributed by atoms with Gasteiger partial charge in [-0.2, -0.15) is 5.10 Å². The Morgan fingerprint density at radius 1 is 1.48 bits per heavy atom. The average Bonchev–Trinajstić information content (AvgIpc) is 3.00. The number of carbonyl (C=O) groups excluding carboxylic acids is 1. The van der Waals surface area contributed by atoms with Crippen molar-refractivity contribution in [2.45, 2.75) is 13.0 Å². The highest BCUT2D eigenvalue weighted by molar-refractivity contribution is 5.78. The van der Waals surface area contributed by atoms with E-state index < -0.39 is 4.92 Å². The van der Waals surface area contributed by atoms with Crippen LogP contribution in [0.5, 0.6) is 5.75 Å². The Bertz CT molecular complexity index is 610. The molecule has 0 aliphatic carbocycles. The van der Waals surface area contributed by atoms with Crippen molar-refractivity contribution >= 4 is 11.6 Å². The van der Waals surface area contributed by atoms with Crippen LogP contribution >= 0.6 is 0 Å². The fraction of sp³-hybridized carbons (Fsp3) is 0.231. The van der Waals surface area contributed by atoms with E-state index in [-0.39, 0.29) is 24.2 Å². The van der Waals surface area contributed by atoms with Crippen LogP contribution in [0.25, 0.3) is 0 Å². The van der Waals surface area contributed by atoms with E-state index in [0.29, 0.717) is 5.75 Å². The van der Waals surface area contributed by atoms with Gasteiger partial charge >= 0.3 is 0 Å². The summed E-state index contributed by atoms with van der Waals surface area (Å²) in [5, 5.41) is 19.7. The van der Waals surface area contributed by atoms with Crippen LogP contribution in [-0.4, -0.2) is 27.6 Å². The summed E-state index contributed by atoms with van der Waals surface area (Å²) in [7, 11) is 0. The molecule has 1 aromatic heterocycles. The molecule has 2 rings (SSSR count). The van der Waals surface area contributed by atoms with Crippen LogP contribution in [0.3, 0.4) is 0 Å². The van der Waals surface area contributed by atoms with E-state index in [1.165, 1.54) is 24.3 Å². The summed E-state index contributed by atoms with van der Waals surface area (Å²) < 4.78 is 5.26. The molecule has 0 saturated carbocycles. The number of benzene rings is 1. The lowest BCUT2D eigenvalue weighted by Crippen LogP contribution is -2.31. The van der Waals surface area contributed by atoms with Gasteiger partial charge in [-0.05, 0) is 19.1 Å². The van der Waals surface area contributed by atoms with E-state index in [2.05, 4.69) is 15.5 Å². The molecular formula is C13H14N4O4. The molecule has 1 heterocycles. The minimum atomic E-state index is -0.497. The summed E-state index contributed by atoms with van der Waals surface area (Å²) in [4.78, 5) is 21.7. The van der Waals surface area contributed by atoms with Gasteiger partial charge in [0.05, 0.1) is 17.2 Å². The lowest BCUT2D eigenvalue weighted by Gasteiger charge is -2.12. The van der Waals surface area contributed by atoms with Gasteiger partial charge in [0, 0.05) is 23.9 Å². The first-order chi connectivity index (χ1) is 10.1. The SMILES string of the molecule is CC(NC(=O)COc1ccc([N+](=O)[O-])cc1)c1cn[nH]c1. The number of ether oxygens (including phenoxy) is 1. The number of non-ortho nitro benzene ring substituents is 1. The van der Waals surface area contributed by atoms with Crippen LogP contribution in [0.15, 0.2) is 36.7 Å². The summed E-state index contributed by atoms with van der Waals surface area (Å²) in [6.07, 6.45) is 3.32. The summed E-state index contributed by atoms with van der Waals surface area (Å²) in [5.41, 5.74) is 0.832. The van der Waals surface area contributed by atoms with Gasteiger partial charge in [-0.25, -0.2) is 0 Å². The van der Waals surface area contributed by atoms with Crippen molar-refractivity contribution < 1.29 is 14.5 Å². The molecule has 0 bridgehead atoms. The second-order valence-corrected chi connectivity index (χ2v) is 4.36. The van der Waals surface area contributed by atoms with Gasteiger partial charge in [0.25, 0.3) is 11.6 Å². The lowest BCUT2D eigenvalue weighted by atomic mass is 10.2. The predicted molar refractivity (Wildman–Crippen MR) is 73.7 cm³/mol. The number of H-pyrrole nitrogens is 1. The van der Waals surface area contributed by atoms with E-state index in [9.17, 15) is 14.9 Å². The van der Waals surface area contributed by atoms with Gasteiger partial charge in [-0.15, -0.1) is 0 Å². The third-order valence-corrected chi connectivity index (χ3v) is 2.81. The predicted octanol–water partition coefficient (Wildman–Crippen LogP) is 1.57. The molecule has 2 aromatic rings. The molecule has 0 aliphatic heterocycles. The monoisotopic (exact) mass is 290 g/mol. The van der Waals surface area contributed by atoms with E-state index in [1.54, 1.807) is 12.4 Å². The first-order valence-corrected chi connectivity index (χ1v) is 6.21. The molecule has 0 spiro atoms. The number of amides is 1. The summed E-state index contributed by atoms with van der Waals surface area (Å²) >= 11 is 0. The van der Waals surface area contributed by atoms with Crippen LogP contribution < -0.4 is 10.1 Å². The molecule has 0 radical (unpaired) electrons. The maximum Gasteiger partial charge on any atom is 0.269 e. The maximum atomic E-state index is 11.7. The van der Waals surface area contributed by atoms with E-state index in [4.69, 9.17) is 4.74 Å². The quantitative estimate of drug-likeness (QED) is 0.619. The van der Waals surface area contributed by atoms with Crippen molar-refractivity contribution in [1.29, 1.82) is 0 Å². The fourth-order valence-corrected chi connectivity index (χ4v) is 1.68. The van der Waals surface area contributed by atoms with Gasteiger partial charge in [-0.3, -0.25) is 20.0 Å². The number of nitrogens with zero attached hydrogens (tertiary/aromatic N) is 2. The zero-order chi connectivity index (χ0) is 15.2. The second-order valence-electron chi connectivity index (χ2n) is 4.36. The number of aromatic nitrogens is 2. The number of rotatable bonds is 6. The Morgan fingerprint density at radius 3 is 2.76 bits per heavy atom. The molecule has 8 nitrogen and oxygen atoms in total. The van der Waals surface area contributed by atoms with Crippen LogP contribution in [0.1, 0.15) is 18.5 Å². The van der Waals surface area contributed by atoms with Crippen molar-refractivity contribution in [3.63, 3.8) is 0 Å². The molecule has 1 amide bonds. The summed E-state index contributed by atoms with van der Waals surface area (Å²) in [6.45, 7) is 1.66. The van der Waals surface area contributed by atoms with Crippen LogP contribution in [0, 0.1) is 10.1 Å². The van der Waals surface area contributed by atoms with E-state index >= 15 is 0 Å². The zero-order valence-corrected chi connectivity index (χ0v) is 11.3. The van der Waals surface area contributed by atoms with Gasteiger partial charge < -0.3 is 10.1 Å². The molecule has 1 atom stereocenters. The molecule has 2 N–H and O–H groups in total. The standard InChI is InChI=1S/C13H14N4O4/c1-9(10-6-14-15-7-10)16-13(18)8-21-12-4-2-11(3-5-12)17(19)20/h2-7,9H,8H2,1H3,(H,14,15)(H,16,18). The number of hydrogen-bond donors (Lipinski definition) is 2. The van der Waals surface area contributed by atoms with E-state index in [0.717, 1.165) is 5.56 Å². The summed E-state index contributed by atoms with van der Waals surface area (Å²) in [6, 6.07) is 5.36. The molecule has 110 valence electrons. The van der Waals surface area contributed by atoms with Crippen molar-refractivity contribution in [2.75, 3.05) is 6.61 Å². The maximum absolute atomic E-state index is 11.7. The Morgan fingerprint density at radius 2 is 2.19 bits per heavy atom. The number of nitrogens with one attached hydrogen (secondary N) is 2. The van der Waals surface area contributed by atoms with Crippen molar-refractivity contribution in [3.8, 4) is 5.75 Å². The zero-order valence-electron chi connectivity index (χ0n) is 11.3. The highest BCUT2D eigenvalue weighted by atomic mass is 16.6. The number of nitro groups is 1. The van der Waals surface area contributed by atoms with Crippen LogP contribution in [-0.2, 0) is 4.79 Å². The molecule has 0 aliphatic rings. The average molecular weight is 290 g/mol. The molecule has 1 unspecified atom stereocenters. The normalized spacial score (nSPS) is 11.7. The second kappa shape index (κ2) is 6.51. The van der Waals surface area contributed by atoms with Gasteiger partial charge in [-0.1, -0.05) is 0 Å². The van der Waals surface area contributed by atoms with Gasteiger partial charge in [0.2, 0.25) is 0 Å². The molecule has 21 heavy (non-hydrogen) atoms. The summed E-state index contributed by atoms with van der Waals surface area (Å²) in [5.74, 6) is 0.105. The molecule has 0 saturated heterocycles. The van der Waals surface area contributed by atoms with Crippen LogP contribution in [0.4, 0.5) is 5.69 Å². The fourth-order valence-electron chi connectivity index (χ4n) is 1.68. The lowest BCUT2D eigenvalue weighted by molar-refractivity contribution is -0.384. The van der Waals surface area contributed by atoms with Gasteiger partial charge in [0.15, 0.2) is 6.61 Å². The van der Waals surface area contributed by atoms with Crippen molar-refractivity contribution in [1.82, 2.24) is 15.5 Å². The molecular weight excluding hydrogens is 276 g/mol. The van der Waals surface area contributed by atoms with Crippen molar-refractivity contribution in [2.24, 2.45) is 0 Å². The minimum absolute atomic E-state index is 0.0274. The Labute approximate surface area is 120 Å². The molecule has 1 aromatic carbocycles. The topological polar surface area (TPSA) is 110 Å². The Balaban J connectivity index is 1.82. The highest BCUT2D eigenvalue weighted by Crippen LogP contribution is 2.17. The third-order valence-electron chi connectivity index (χ3n) is 2.81. The third kappa shape index (κ3) is 4.03. The molecule has 0 fully saturated rings. The molecule has 8 heteroatoms. The van der Waals surface area contributed by atoms with Crippen molar-refractivity contribution in [3.05, 3.63) is 52.3 Å². The number of carbonyl (C=O) groups is 1. The smallest absolute Gasteiger partial charge is 0.269 e.